The van der Waals surface area contributed by atoms with Gasteiger partial charge in [-0.2, -0.15) is 0 Å². The van der Waals surface area contributed by atoms with E-state index in [0.717, 1.165) is 134 Å². The van der Waals surface area contributed by atoms with Crippen LogP contribution in [0, 0.1) is 72.9 Å². The van der Waals surface area contributed by atoms with Crippen molar-refractivity contribution < 1.29 is 58.3 Å². The smallest absolute Gasteiger partial charge is 0.306 e. The molecule has 3 N–H and O–H groups in total. The second-order valence-corrected chi connectivity index (χ2v) is 26.4. The quantitative estimate of drug-likeness (QED) is 0.0670. The molecule has 0 radical (unpaired) electrons. The zero-order valence-electron chi connectivity index (χ0n) is 42.9. The van der Waals surface area contributed by atoms with Crippen molar-refractivity contribution >= 4 is 35.8 Å². The molecule has 69 heavy (non-hydrogen) atoms. The van der Waals surface area contributed by atoms with Gasteiger partial charge in [-0.15, -0.1) is 0 Å². The summed E-state index contributed by atoms with van der Waals surface area (Å²) in [7, 11) is 0. The molecular weight excluding hydrogens is 877 g/mol. The van der Waals surface area contributed by atoms with Gasteiger partial charge in [0.05, 0.1) is 45.1 Å². The Kier molecular flexibility index (Phi) is 14.4. The van der Waals surface area contributed by atoms with Gasteiger partial charge in [-0.1, -0.05) is 79.7 Å². The van der Waals surface area contributed by atoms with Crippen LogP contribution in [-0.4, -0.2) is 70.5 Å². The molecule has 0 aromatic carbocycles. The first-order valence-corrected chi connectivity index (χ1v) is 27.3. The number of carboxylic acids is 3. The van der Waals surface area contributed by atoms with E-state index in [1.807, 2.05) is 0 Å². The number of hydrogen-bond acceptors (Lipinski definition) is 9. The van der Waals surface area contributed by atoms with Gasteiger partial charge in [0.2, 0.25) is 0 Å². The number of carbonyl (C=O) groups excluding carboxylic acids is 3. The van der Waals surface area contributed by atoms with Gasteiger partial charge in [0, 0.05) is 10.8 Å². The Hall–Kier alpha value is -3.44. The molecule has 0 aromatic heterocycles. The number of carboxylic acid groups (broad SMARTS) is 3. The van der Waals surface area contributed by atoms with Crippen molar-refractivity contribution in [3.63, 3.8) is 0 Å². The lowest BCUT2D eigenvalue weighted by Gasteiger charge is -2.73. The zero-order valence-corrected chi connectivity index (χ0v) is 42.9. The molecule has 0 aliphatic heterocycles. The van der Waals surface area contributed by atoms with E-state index >= 15 is 0 Å². The maximum Gasteiger partial charge on any atom is 0.306 e. The maximum atomic E-state index is 13.9. The molecule has 12 heteroatoms. The summed E-state index contributed by atoms with van der Waals surface area (Å²) in [5.41, 5.74) is -1.32. The Balaban J connectivity index is 1.01. The van der Waals surface area contributed by atoms with Gasteiger partial charge in [0.25, 0.3) is 0 Å². The Morgan fingerprint density at radius 1 is 0.507 bits per heavy atom. The Morgan fingerprint density at radius 3 is 1.54 bits per heavy atom. The third-order valence-electron chi connectivity index (χ3n) is 22.4. The fourth-order valence-corrected chi connectivity index (χ4v) is 18.9. The summed E-state index contributed by atoms with van der Waals surface area (Å²) in [6.07, 6.45) is 19.6. The number of hydrogen-bond donors (Lipinski definition) is 3. The van der Waals surface area contributed by atoms with Gasteiger partial charge < -0.3 is 29.5 Å². The molecular formula is C57H86O12. The molecule has 12 nitrogen and oxygen atoms in total. The maximum absolute atomic E-state index is 13.9. The number of rotatable bonds is 18. The molecule has 0 bridgehead atoms. The van der Waals surface area contributed by atoms with Crippen LogP contribution in [-0.2, 0) is 43.0 Å². The largest absolute Gasteiger partial charge is 0.481 e. The lowest BCUT2D eigenvalue weighted by Crippen LogP contribution is -2.67. The summed E-state index contributed by atoms with van der Waals surface area (Å²) in [6.45, 7) is 17.3. The van der Waals surface area contributed by atoms with E-state index in [9.17, 15) is 44.1 Å². The van der Waals surface area contributed by atoms with Crippen molar-refractivity contribution in [1.82, 2.24) is 0 Å². The van der Waals surface area contributed by atoms with E-state index < -0.39 is 34.2 Å². The average molecular weight is 963 g/mol. The van der Waals surface area contributed by atoms with E-state index in [1.165, 1.54) is 0 Å². The highest BCUT2D eigenvalue weighted by Gasteiger charge is 2.71. The predicted molar refractivity (Wildman–Crippen MR) is 258 cm³/mol. The normalized spacial score (nSPS) is 37.8. The second kappa shape index (κ2) is 19.2. The van der Waals surface area contributed by atoms with Crippen LogP contribution in [0.5, 0.6) is 0 Å². The molecule has 8 rings (SSSR count). The summed E-state index contributed by atoms with van der Waals surface area (Å²) in [5, 5.41) is 29.2. The van der Waals surface area contributed by atoms with E-state index in [0.29, 0.717) is 37.2 Å². The molecule has 0 aromatic rings. The highest BCUT2D eigenvalue weighted by molar-refractivity contribution is 5.75. The number of aliphatic carboxylic acids is 3. The first-order chi connectivity index (χ1) is 32.4. The second-order valence-electron chi connectivity index (χ2n) is 26.4. The van der Waals surface area contributed by atoms with E-state index in [1.54, 1.807) is 0 Å². The first kappa shape index (κ1) is 51.9. The van der Waals surface area contributed by atoms with Crippen molar-refractivity contribution in [2.45, 2.75) is 221 Å². The monoisotopic (exact) mass is 963 g/mol. The first-order valence-electron chi connectivity index (χ1n) is 27.3. The van der Waals surface area contributed by atoms with Crippen LogP contribution in [0.1, 0.15) is 214 Å². The molecule has 0 heterocycles. The fourth-order valence-electron chi connectivity index (χ4n) is 18.9. The molecule has 0 amide bonds. The standard InChI is InChI=1S/C57H86O12/c1-37(35-67-46(64)32-54(29-43(58)59)18-7-8-19-54)38-15-26-57(36-68-47(65)33-55(30-44(60)61)20-9-10-21-55)28-27-52(5)39(49(38)57)13-14-41-51(4)24-17-42(50(2,3)40(51)16-25-53(41,52)6)69-48(66)34-56(31-45(62)63)22-11-12-23-56/h38-42,49H,1,7-36H2,2-6H3,(H,58,59)(H,60,61)(H,62,63)/t38-,39+,40-,41+,42?,49+,51-,52+,53+,57+/m0/s1. The molecule has 8 fully saturated rings. The van der Waals surface area contributed by atoms with Crippen molar-refractivity contribution in [2.24, 2.45) is 72.9 Å². The third kappa shape index (κ3) is 9.68. The van der Waals surface area contributed by atoms with Crippen LogP contribution in [0.2, 0.25) is 0 Å². The highest BCUT2D eigenvalue weighted by Crippen LogP contribution is 2.78. The summed E-state index contributed by atoms with van der Waals surface area (Å²) >= 11 is 0. The minimum absolute atomic E-state index is 0.00164. The number of esters is 3. The van der Waals surface area contributed by atoms with Crippen LogP contribution in [0.3, 0.4) is 0 Å². The van der Waals surface area contributed by atoms with Crippen LogP contribution in [0.4, 0.5) is 0 Å². The Bertz CT molecular complexity index is 2000. The molecule has 8 saturated carbocycles. The minimum Gasteiger partial charge on any atom is -0.481 e. The van der Waals surface area contributed by atoms with Gasteiger partial charge in [-0.05, 0) is 170 Å². The third-order valence-corrected chi connectivity index (χ3v) is 22.4. The van der Waals surface area contributed by atoms with Crippen molar-refractivity contribution in [3.05, 3.63) is 12.2 Å². The van der Waals surface area contributed by atoms with Gasteiger partial charge in [-0.25, -0.2) is 0 Å². The lowest BCUT2D eigenvalue weighted by atomic mass is 9.32. The van der Waals surface area contributed by atoms with Gasteiger partial charge in [-0.3, -0.25) is 28.8 Å². The van der Waals surface area contributed by atoms with E-state index in [-0.39, 0.29) is 108 Å². The van der Waals surface area contributed by atoms with Gasteiger partial charge in [0.15, 0.2) is 0 Å². The SMILES string of the molecule is C=C(COC(=O)CC1(CC(=O)O)CCCC1)[C@@H]1CC[C@]2(COC(=O)CC3(CC(=O)O)CCCC3)CC[C@]3(C)[C@H](CC[C@@H]4[C@@]5(C)CCC(OC(=O)CC6(CC(=O)O)CCCC6)C(C)(C)[C@@H]5CC[C@]43C)[C@@H]12. The predicted octanol–water partition coefficient (Wildman–Crippen LogP) is 11.9. The van der Waals surface area contributed by atoms with Crippen molar-refractivity contribution in [1.29, 1.82) is 0 Å². The van der Waals surface area contributed by atoms with Gasteiger partial charge >= 0.3 is 35.8 Å². The fraction of sp³-hybridized carbons (Fsp3) is 0.860. The zero-order chi connectivity index (χ0) is 49.8. The molecule has 10 atom stereocenters. The molecule has 0 spiro atoms. The number of ether oxygens (including phenoxy) is 3. The summed E-state index contributed by atoms with van der Waals surface area (Å²) < 4.78 is 18.9. The van der Waals surface area contributed by atoms with E-state index in [4.69, 9.17) is 14.2 Å². The van der Waals surface area contributed by atoms with Crippen molar-refractivity contribution in [3.8, 4) is 0 Å². The topological polar surface area (TPSA) is 191 Å². The van der Waals surface area contributed by atoms with Crippen LogP contribution < -0.4 is 0 Å². The summed E-state index contributed by atoms with van der Waals surface area (Å²) in [5.74, 6) is -2.25. The van der Waals surface area contributed by atoms with Crippen LogP contribution in [0.15, 0.2) is 12.2 Å². The molecule has 8 aliphatic carbocycles. The highest BCUT2D eigenvalue weighted by atomic mass is 16.5. The van der Waals surface area contributed by atoms with E-state index in [2.05, 4.69) is 41.2 Å². The molecule has 386 valence electrons. The lowest BCUT2D eigenvalue weighted by molar-refractivity contribution is -0.252. The number of fused-ring (bicyclic) bond motifs is 7. The Labute approximate surface area is 411 Å². The average Bonchev–Trinajstić information content (AvgIpc) is 4.08. The molecule has 8 aliphatic rings. The van der Waals surface area contributed by atoms with Crippen molar-refractivity contribution in [2.75, 3.05) is 13.2 Å². The number of carbonyl (C=O) groups is 6. The molecule has 0 saturated heterocycles. The van der Waals surface area contributed by atoms with Crippen LogP contribution >= 0.6 is 0 Å². The summed E-state index contributed by atoms with van der Waals surface area (Å²) in [6, 6.07) is 0. The minimum atomic E-state index is -0.885. The molecule has 1 unspecified atom stereocenters. The summed E-state index contributed by atoms with van der Waals surface area (Å²) in [4.78, 5) is 76.8. The Morgan fingerprint density at radius 2 is 1.01 bits per heavy atom. The van der Waals surface area contributed by atoms with Crippen LogP contribution in [0.25, 0.3) is 0 Å². The van der Waals surface area contributed by atoms with Gasteiger partial charge in [0.1, 0.15) is 12.7 Å².